The number of benzene rings is 1. The van der Waals surface area contributed by atoms with Gasteiger partial charge in [-0.2, -0.15) is 0 Å². The van der Waals surface area contributed by atoms with Crippen LogP contribution in [0.3, 0.4) is 0 Å². The SMILES string of the molecule is Cc1ccc(-c2nc(CN3CCC(OCc4ccccn4)CC3)c(C)o2)cc1. The predicted molar refractivity (Wildman–Crippen MR) is 109 cm³/mol. The Labute approximate surface area is 166 Å². The molecule has 1 saturated heterocycles. The van der Waals surface area contributed by atoms with Gasteiger partial charge in [-0.15, -0.1) is 0 Å². The molecule has 0 unspecified atom stereocenters. The van der Waals surface area contributed by atoms with Gasteiger partial charge in [0.25, 0.3) is 0 Å². The van der Waals surface area contributed by atoms with Crippen molar-refractivity contribution in [2.24, 2.45) is 0 Å². The fraction of sp³-hybridized carbons (Fsp3) is 0.391. The molecule has 28 heavy (non-hydrogen) atoms. The van der Waals surface area contributed by atoms with E-state index < -0.39 is 0 Å². The zero-order valence-electron chi connectivity index (χ0n) is 16.6. The molecular weight excluding hydrogens is 350 g/mol. The number of ether oxygens (including phenoxy) is 1. The smallest absolute Gasteiger partial charge is 0.226 e. The van der Waals surface area contributed by atoms with Gasteiger partial charge >= 0.3 is 0 Å². The molecule has 0 spiro atoms. The molecule has 1 aliphatic heterocycles. The Kier molecular flexibility index (Phi) is 5.84. The first-order valence-corrected chi connectivity index (χ1v) is 9.94. The molecule has 2 aromatic heterocycles. The summed E-state index contributed by atoms with van der Waals surface area (Å²) < 4.78 is 12.0. The maximum atomic E-state index is 6.04. The molecule has 0 bridgehead atoms. The van der Waals surface area contributed by atoms with Gasteiger partial charge in [-0.1, -0.05) is 23.8 Å². The van der Waals surface area contributed by atoms with Crippen LogP contribution in [0, 0.1) is 13.8 Å². The molecule has 0 amide bonds. The minimum atomic E-state index is 0.305. The van der Waals surface area contributed by atoms with Crippen molar-refractivity contribution in [3.8, 4) is 11.5 Å². The number of aryl methyl sites for hydroxylation is 2. The molecule has 1 aliphatic rings. The van der Waals surface area contributed by atoms with E-state index in [1.165, 1.54) is 5.56 Å². The van der Waals surface area contributed by atoms with Crippen molar-refractivity contribution >= 4 is 0 Å². The highest BCUT2D eigenvalue weighted by molar-refractivity contribution is 5.54. The maximum absolute atomic E-state index is 6.04. The Bertz CT molecular complexity index is 882. The number of hydrogen-bond acceptors (Lipinski definition) is 5. The third-order valence-electron chi connectivity index (χ3n) is 5.29. The zero-order valence-corrected chi connectivity index (χ0v) is 16.6. The van der Waals surface area contributed by atoms with Gasteiger partial charge in [0.2, 0.25) is 5.89 Å². The third kappa shape index (κ3) is 4.66. The standard InChI is InChI=1S/C23H27N3O2/c1-17-6-8-19(9-7-17)23-25-22(18(2)28-23)15-26-13-10-21(11-14-26)27-16-20-5-3-4-12-24-20/h3-9,12,21H,10-11,13-16H2,1-2H3. The zero-order chi connectivity index (χ0) is 19.3. The van der Waals surface area contributed by atoms with E-state index in [-0.39, 0.29) is 0 Å². The van der Waals surface area contributed by atoms with Gasteiger partial charge < -0.3 is 9.15 Å². The van der Waals surface area contributed by atoms with Gasteiger partial charge in [-0.25, -0.2) is 4.98 Å². The summed E-state index contributed by atoms with van der Waals surface area (Å²) in [6.07, 6.45) is 4.19. The van der Waals surface area contributed by atoms with Crippen LogP contribution in [0.4, 0.5) is 0 Å². The molecule has 0 atom stereocenters. The van der Waals surface area contributed by atoms with Crippen LogP contribution in [0.25, 0.3) is 11.5 Å². The van der Waals surface area contributed by atoms with Crippen molar-refractivity contribution in [2.45, 2.75) is 45.9 Å². The highest BCUT2D eigenvalue weighted by Gasteiger charge is 2.22. The van der Waals surface area contributed by atoms with Crippen LogP contribution < -0.4 is 0 Å². The van der Waals surface area contributed by atoms with Crippen LogP contribution in [0.2, 0.25) is 0 Å². The Morgan fingerprint density at radius 2 is 1.86 bits per heavy atom. The van der Waals surface area contributed by atoms with Crippen molar-refractivity contribution in [3.05, 3.63) is 71.4 Å². The topological polar surface area (TPSA) is 51.4 Å². The normalized spacial score (nSPS) is 15.8. The number of oxazole rings is 1. The van der Waals surface area contributed by atoms with Gasteiger partial charge in [-0.05, 0) is 51.0 Å². The van der Waals surface area contributed by atoms with Crippen molar-refractivity contribution in [2.75, 3.05) is 13.1 Å². The van der Waals surface area contributed by atoms with Gasteiger partial charge in [0, 0.05) is 31.4 Å². The molecule has 0 aliphatic carbocycles. The van der Waals surface area contributed by atoms with Crippen molar-refractivity contribution in [1.29, 1.82) is 0 Å². The molecule has 3 heterocycles. The molecule has 0 N–H and O–H groups in total. The number of likely N-dealkylation sites (tertiary alicyclic amines) is 1. The number of nitrogens with zero attached hydrogens (tertiary/aromatic N) is 3. The van der Waals surface area contributed by atoms with E-state index in [0.717, 1.165) is 55.2 Å². The molecule has 5 heteroatoms. The molecule has 4 rings (SSSR count). The monoisotopic (exact) mass is 377 g/mol. The average molecular weight is 377 g/mol. The Hall–Kier alpha value is -2.50. The van der Waals surface area contributed by atoms with Crippen LogP contribution in [-0.2, 0) is 17.9 Å². The van der Waals surface area contributed by atoms with Crippen LogP contribution in [0.1, 0.15) is 35.6 Å². The highest BCUT2D eigenvalue weighted by atomic mass is 16.5. The van der Waals surface area contributed by atoms with Gasteiger partial charge in [0.1, 0.15) is 5.76 Å². The van der Waals surface area contributed by atoms with Crippen molar-refractivity contribution in [3.63, 3.8) is 0 Å². The second kappa shape index (κ2) is 8.67. The Morgan fingerprint density at radius 3 is 2.57 bits per heavy atom. The molecule has 1 aromatic carbocycles. The van der Waals surface area contributed by atoms with Crippen LogP contribution in [0.5, 0.6) is 0 Å². The fourth-order valence-electron chi connectivity index (χ4n) is 3.53. The number of pyridine rings is 1. The van der Waals surface area contributed by atoms with E-state index in [4.69, 9.17) is 14.1 Å². The number of piperidine rings is 1. The lowest BCUT2D eigenvalue weighted by molar-refractivity contribution is -0.00546. The van der Waals surface area contributed by atoms with E-state index >= 15 is 0 Å². The predicted octanol–water partition coefficient (Wildman–Crippen LogP) is 4.53. The highest BCUT2D eigenvalue weighted by Crippen LogP contribution is 2.24. The van der Waals surface area contributed by atoms with Crippen LogP contribution in [0.15, 0.2) is 53.1 Å². The minimum Gasteiger partial charge on any atom is -0.441 e. The van der Waals surface area contributed by atoms with Crippen molar-refractivity contribution in [1.82, 2.24) is 14.9 Å². The van der Waals surface area contributed by atoms with E-state index in [9.17, 15) is 0 Å². The lowest BCUT2D eigenvalue weighted by Gasteiger charge is -2.31. The quantitative estimate of drug-likeness (QED) is 0.631. The number of aromatic nitrogens is 2. The summed E-state index contributed by atoms with van der Waals surface area (Å²) in [5.41, 5.74) is 4.29. The molecule has 146 valence electrons. The van der Waals surface area contributed by atoms with E-state index in [0.29, 0.717) is 18.6 Å². The van der Waals surface area contributed by atoms with Crippen LogP contribution in [-0.4, -0.2) is 34.1 Å². The summed E-state index contributed by atoms with van der Waals surface area (Å²) in [5.74, 6) is 1.62. The molecule has 0 radical (unpaired) electrons. The Balaban J connectivity index is 1.29. The average Bonchev–Trinajstić information content (AvgIpc) is 3.09. The second-order valence-electron chi connectivity index (χ2n) is 7.50. The summed E-state index contributed by atoms with van der Waals surface area (Å²) in [6.45, 7) is 7.53. The summed E-state index contributed by atoms with van der Waals surface area (Å²) >= 11 is 0. The first-order chi connectivity index (χ1) is 13.7. The lowest BCUT2D eigenvalue weighted by Crippen LogP contribution is -2.36. The fourth-order valence-corrected chi connectivity index (χ4v) is 3.53. The van der Waals surface area contributed by atoms with Crippen LogP contribution >= 0.6 is 0 Å². The third-order valence-corrected chi connectivity index (χ3v) is 5.29. The molecule has 0 saturated carbocycles. The first kappa shape index (κ1) is 18.8. The Morgan fingerprint density at radius 1 is 1.07 bits per heavy atom. The summed E-state index contributed by atoms with van der Waals surface area (Å²) in [6, 6.07) is 14.2. The maximum Gasteiger partial charge on any atom is 0.226 e. The first-order valence-electron chi connectivity index (χ1n) is 9.94. The molecular formula is C23H27N3O2. The van der Waals surface area contributed by atoms with Gasteiger partial charge in [0.05, 0.1) is 24.1 Å². The molecule has 5 nitrogen and oxygen atoms in total. The van der Waals surface area contributed by atoms with Gasteiger partial charge in [-0.3, -0.25) is 9.88 Å². The summed E-state index contributed by atoms with van der Waals surface area (Å²) in [5, 5.41) is 0. The summed E-state index contributed by atoms with van der Waals surface area (Å²) in [4.78, 5) is 11.5. The molecule has 3 aromatic rings. The number of rotatable bonds is 6. The van der Waals surface area contributed by atoms with Gasteiger partial charge in [0.15, 0.2) is 0 Å². The van der Waals surface area contributed by atoms with E-state index in [1.807, 2.05) is 31.3 Å². The number of hydrogen-bond donors (Lipinski definition) is 0. The second-order valence-corrected chi connectivity index (χ2v) is 7.50. The van der Waals surface area contributed by atoms with Crippen molar-refractivity contribution < 1.29 is 9.15 Å². The lowest BCUT2D eigenvalue weighted by atomic mass is 10.1. The summed E-state index contributed by atoms with van der Waals surface area (Å²) in [7, 11) is 0. The minimum absolute atomic E-state index is 0.305. The van der Waals surface area contributed by atoms with E-state index in [2.05, 4.69) is 41.1 Å². The van der Waals surface area contributed by atoms with E-state index in [1.54, 1.807) is 0 Å². The molecule has 1 fully saturated rings. The largest absolute Gasteiger partial charge is 0.441 e.